The molecule has 0 fully saturated rings. The number of unbranched alkanes of at least 4 members (excludes halogenated alkanes) is 2. The zero-order chi connectivity index (χ0) is 6.95. The van der Waals surface area contributed by atoms with Crippen LogP contribution in [0, 0.1) is 0 Å². The van der Waals surface area contributed by atoms with Crippen LogP contribution in [0.4, 0.5) is 0 Å². The van der Waals surface area contributed by atoms with E-state index in [1.807, 2.05) is 0 Å². The summed E-state index contributed by atoms with van der Waals surface area (Å²) in [6.45, 7) is 0. The van der Waals surface area contributed by atoms with Crippen molar-refractivity contribution in [3.05, 3.63) is 0 Å². The Morgan fingerprint density at radius 3 is 1.56 bits per heavy atom. The van der Waals surface area contributed by atoms with Gasteiger partial charge < -0.3 is 0 Å². The minimum atomic E-state index is 0.454. The minimum absolute atomic E-state index is 0.454. The molecule has 0 unspecified atom stereocenters. The van der Waals surface area contributed by atoms with E-state index >= 15 is 0 Å². The average Bonchev–Trinajstić information content (AvgIpc) is 1.89. The Hall–Kier alpha value is 1.58. The van der Waals surface area contributed by atoms with Gasteiger partial charge >= 0.3 is 80.0 Å². The van der Waals surface area contributed by atoms with E-state index in [1.165, 1.54) is 19.3 Å². The molecule has 0 radical (unpaired) electrons. The topological polar surface area (TPSA) is 0 Å². The molecule has 0 aliphatic heterocycles. The molecular weight excluding hydrogens is 339 g/mol. The van der Waals surface area contributed by atoms with E-state index in [4.69, 9.17) is 0 Å². The Morgan fingerprint density at radius 1 is 0.778 bits per heavy atom. The molecule has 0 aliphatic rings. The van der Waals surface area contributed by atoms with Gasteiger partial charge in [0.2, 0.25) is 0 Å². The predicted molar refractivity (Wildman–Crippen MR) is 46.7 cm³/mol. The molecule has 0 saturated carbocycles. The van der Waals surface area contributed by atoms with Crippen LogP contribution in [-0.2, 0) is 0 Å². The quantitative estimate of drug-likeness (QED) is 0.507. The molecule has 0 heterocycles. The second kappa shape index (κ2) is 9.58. The summed E-state index contributed by atoms with van der Waals surface area (Å²) in [4.78, 5) is 4.80. The van der Waals surface area contributed by atoms with E-state index in [0.29, 0.717) is 41.8 Å². The van der Waals surface area contributed by atoms with Gasteiger partial charge in [-0.1, -0.05) is 0 Å². The molecular formula is C7H16Te2. The van der Waals surface area contributed by atoms with Gasteiger partial charge in [-0.2, -0.15) is 0 Å². The van der Waals surface area contributed by atoms with Crippen molar-refractivity contribution in [2.24, 2.45) is 0 Å². The van der Waals surface area contributed by atoms with Crippen LogP contribution in [-0.4, -0.2) is 41.8 Å². The molecule has 0 aromatic carbocycles. The third-order valence-electron chi connectivity index (χ3n) is 1.20. The summed E-state index contributed by atoms with van der Waals surface area (Å²) >= 11 is 0.907. The molecule has 0 atom stereocenters. The number of hydrogen-bond donors (Lipinski definition) is 0. The van der Waals surface area contributed by atoms with Crippen LogP contribution in [0.15, 0.2) is 0 Å². The first-order chi connectivity index (χ1) is 4.41. The number of hydrogen-bond acceptors (Lipinski definition) is 0. The Morgan fingerprint density at radius 2 is 1.22 bits per heavy atom. The van der Waals surface area contributed by atoms with E-state index in [2.05, 4.69) is 9.94 Å². The van der Waals surface area contributed by atoms with Gasteiger partial charge in [0.05, 0.1) is 0 Å². The third-order valence-corrected chi connectivity index (χ3v) is 5.18. The zero-order valence-corrected chi connectivity index (χ0v) is 11.0. The normalized spacial score (nSPS) is 10.0. The predicted octanol–water partition coefficient (Wildman–Crippen LogP) is 2.50. The van der Waals surface area contributed by atoms with Crippen LogP contribution < -0.4 is 0 Å². The molecule has 0 rings (SSSR count). The molecule has 0 aliphatic carbocycles. The van der Waals surface area contributed by atoms with Crippen LogP contribution >= 0.6 is 0 Å². The maximum atomic E-state index is 2.40. The molecule has 56 valence electrons. The van der Waals surface area contributed by atoms with E-state index in [-0.39, 0.29) is 0 Å². The van der Waals surface area contributed by atoms with Crippen molar-refractivity contribution in [2.45, 2.75) is 38.1 Å². The maximum absolute atomic E-state index is 2.40. The Kier molecular flexibility index (Phi) is 11.3. The van der Waals surface area contributed by atoms with Crippen molar-refractivity contribution >= 4 is 41.8 Å². The van der Waals surface area contributed by atoms with Gasteiger partial charge in [-0.15, -0.1) is 0 Å². The van der Waals surface area contributed by atoms with Crippen molar-refractivity contribution in [3.63, 3.8) is 0 Å². The summed E-state index contributed by atoms with van der Waals surface area (Å²) < 4.78 is 3.16. The molecule has 0 nitrogen and oxygen atoms in total. The van der Waals surface area contributed by atoms with Gasteiger partial charge in [-0.05, 0) is 0 Å². The molecule has 0 amide bonds. The summed E-state index contributed by atoms with van der Waals surface area (Å²) in [6.07, 6.45) is 4.59. The van der Waals surface area contributed by atoms with Gasteiger partial charge in [0, 0.05) is 0 Å². The van der Waals surface area contributed by atoms with Gasteiger partial charge in [0.1, 0.15) is 0 Å². The van der Waals surface area contributed by atoms with Crippen LogP contribution in [0.25, 0.3) is 0 Å². The molecule has 0 aromatic rings. The van der Waals surface area contributed by atoms with Crippen molar-refractivity contribution < 1.29 is 0 Å². The molecule has 0 N–H and O–H groups in total. The second-order valence-corrected chi connectivity index (χ2v) is 7.67. The van der Waals surface area contributed by atoms with Gasteiger partial charge in [-0.3, -0.25) is 0 Å². The molecule has 9 heavy (non-hydrogen) atoms. The van der Waals surface area contributed by atoms with Crippen LogP contribution in [0.3, 0.4) is 0 Å². The van der Waals surface area contributed by atoms with Crippen molar-refractivity contribution in [1.29, 1.82) is 0 Å². The first kappa shape index (κ1) is 10.6. The summed E-state index contributed by atoms with van der Waals surface area (Å²) in [7, 11) is 0. The Balaban J connectivity index is 2.60. The fourth-order valence-electron chi connectivity index (χ4n) is 0.670. The van der Waals surface area contributed by atoms with E-state index < -0.39 is 0 Å². The molecule has 0 spiro atoms. The average molecular weight is 355 g/mol. The first-order valence-electron chi connectivity index (χ1n) is 3.39. The Labute approximate surface area is 79.3 Å². The molecule has 0 aromatic heterocycles. The second-order valence-electron chi connectivity index (χ2n) is 2.05. The fraction of sp³-hybridized carbons (Fsp3) is 1.00. The summed E-state index contributed by atoms with van der Waals surface area (Å²) in [6, 6.07) is 0. The van der Waals surface area contributed by atoms with Gasteiger partial charge in [0.15, 0.2) is 0 Å². The first-order valence-corrected chi connectivity index (χ1v) is 11.4. The molecule has 2 heteroatoms. The zero-order valence-electron chi connectivity index (χ0n) is 6.35. The fourth-order valence-corrected chi connectivity index (χ4v) is 3.48. The van der Waals surface area contributed by atoms with Gasteiger partial charge in [0.25, 0.3) is 0 Å². The third kappa shape index (κ3) is 9.58. The monoisotopic (exact) mass is 360 g/mol. The summed E-state index contributed by atoms with van der Waals surface area (Å²) in [5, 5.41) is 0. The molecule has 0 saturated heterocycles. The van der Waals surface area contributed by atoms with E-state index in [9.17, 15) is 0 Å². The van der Waals surface area contributed by atoms with Crippen LogP contribution in [0.1, 0.15) is 19.3 Å². The number of rotatable bonds is 6. The molecule has 0 bridgehead atoms. The van der Waals surface area contributed by atoms with Gasteiger partial charge in [-0.25, -0.2) is 0 Å². The summed E-state index contributed by atoms with van der Waals surface area (Å²) in [5.74, 6) is 0. The van der Waals surface area contributed by atoms with E-state index in [1.54, 1.807) is 8.94 Å². The van der Waals surface area contributed by atoms with Crippen LogP contribution in [0.5, 0.6) is 0 Å². The van der Waals surface area contributed by atoms with Crippen molar-refractivity contribution in [3.8, 4) is 0 Å². The SMILES string of the molecule is C[Te]CCCCC[Te]C. The van der Waals surface area contributed by atoms with Crippen molar-refractivity contribution in [2.75, 3.05) is 0 Å². The summed E-state index contributed by atoms with van der Waals surface area (Å²) in [5.41, 5.74) is 0. The van der Waals surface area contributed by atoms with E-state index in [0.717, 1.165) is 0 Å². The van der Waals surface area contributed by atoms with Crippen LogP contribution in [0.2, 0.25) is 18.9 Å². The standard InChI is InChI=1S/C7H16Te2/c1-8-6-4-3-5-7-9-2/h3-7H2,1-2H3. The van der Waals surface area contributed by atoms with Crippen molar-refractivity contribution in [1.82, 2.24) is 0 Å². The Bertz CT molecular complexity index is 40.2.